The Morgan fingerprint density at radius 3 is 2.60 bits per heavy atom. The molecule has 0 saturated carbocycles. The van der Waals surface area contributed by atoms with Crippen LogP contribution < -0.4 is 9.26 Å². The molecule has 0 aromatic carbocycles. The molecule has 0 heterocycles. The second-order valence-electron chi connectivity index (χ2n) is 2.12. The highest BCUT2D eigenvalue weighted by atomic mass is 127. The van der Waals surface area contributed by atoms with Gasteiger partial charge in [0.25, 0.3) is 0 Å². The molecule has 0 aromatic rings. The van der Waals surface area contributed by atoms with Crippen LogP contribution in [0.2, 0.25) is 0 Å². The van der Waals surface area contributed by atoms with Crippen molar-refractivity contribution in [3.05, 3.63) is 0 Å². The Labute approximate surface area is 75.2 Å². The van der Waals surface area contributed by atoms with Crippen molar-refractivity contribution in [2.45, 2.75) is 25.7 Å². The highest BCUT2D eigenvalue weighted by Crippen LogP contribution is 1.98. The number of unbranched alkanes of at least 4 members (excludes halogenated alkanes) is 2. The molecule has 0 saturated heterocycles. The van der Waals surface area contributed by atoms with Crippen molar-refractivity contribution in [2.24, 2.45) is 5.73 Å². The normalized spacial score (nSPS) is 9.40. The minimum Gasteiger partial charge on any atom is -0.330 e. The number of carbonyl (C=O) groups excluding carboxylic acids is 1. The van der Waals surface area contributed by atoms with Crippen molar-refractivity contribution < 1.29 is 4.79 Å². The van der Waals surface area contributed by atoms with Gasteiger partial charge in [0.1, 0.15) is 0 Å². The lowest BCUT2D eigenvalue weighted by Gasteiger charge is -1.96. The summed E-state index contributed by atoms with van der Waals surface area (Å²) in [5.74, 6) is 0.109. The predicted molar refractivity (Wildman–Crippen MR) is 49.7 cm³/mol. The highest BCUT2D eigenvalue weighted by Gasteiger charge is 1.96. The smallest absolute Gasteiger partial charge is 0.228 e. The summed E-state index contributed by atoms with van der Waals surface area (Å²) >= 11 is 1.85. The molecule has 0 fully saturated rings. The van der Waals surface area contributed by atoms with Crippen molar-refractivity contribution in [2.75, 3.05) is 6.54 Å². The van der Waals surface area contributed by atoms with E-state index in [1.165, 1.54) is 0 Å². The van der Waals surface area contributed by atoms with Gasteiger partial charge in [0, 0.05) is 6.42 Å². The lowest BCUT2D eigenvalue weighted by molar-refractivity contribution is -0.118. The van der Waals surface area contributed by atoms with Crippen molar-refractivity contribution in [1.82, 2.24) is 3.53 Å². The fraction of sp³-hybridized carbons (Fsp3) is 0.833. The second kappa shape index (κ2) is 7.27. The lowest BCUT2D eigenvalue weighted by Crippen LogP contribution is -2.10. The van der Waals surface area contributed by atoms with Crippen LogP contribution in [-0.4, -0.2) is 12.5 Å². The molecule has 0 aromatic heterocycles. The molecule has 10 heavy (non-hydrogen) atoms. The Morgan fingerprint density at radius 1 is 1.40 bits per heavy atom. The number of hydrogen-bond donors (Lipinski definition) is 2. The van der Waals surface area contributed by atoms with Gasteiger partial charge in [0.05, 0.1) is 22.9 Å². The average molecular weight is 256 g/mol. The van der Waals surface area contributed by atoms with E-state index >= 15 is 0 Å². The van der Waals surface area contributed by atoms with Crippen molar-refractivity contribution in [1.29, 1.82) is 0 Å². The molecule has 0 atom stereocenters. The van der Waals surface area contributed by atoms with E-state index in [0.29, 0.717) is 6.42 Å². The van der Waals surface area contributed by atoms with Gasteiger partial charge in [0.2, 0.25) is 5.91 Å². The zero-order valence-corrected chi connectivity index (χ0v) is 8.06. The maximum atomic E-state index is 10.6. The molecule has 0 rings (SSSR count). The van der Waals surface area contributed by atoms with Gasteiger partial charge in [-0.05, 0) is 19.4 Å². The first-order valence-electron chi connectivity index (χ1n) is 3.40. The monoisotopic (exact) mass is 256 g/mol. The van der Waals surface area contributed by atoms with E-state index in [1.54, 1.807) is 0 Å². The predicted octanol–water partition coefficient (Wildman–Crippen LogP) is 0.972. The molecule has 0 aliphatic carbocycles. The van der Waals surface area contributed by atoms with Gasteiger partial charge in [-0.2, -0.15) is 0 Å². The van der Waals surface area contributed by atoms with E-state index in [4.69, 9.17) is 5.73 Å². The molecule has 1 amide bonds. The number of nitrogens with two attached hydrogens (primary N) is 1. The number of rotatable bonds is 5. The van der Waals surface area contributed by atoms with E-state index in [1.807, 2.05) is 22.9 Å². The van der Waals surface area contributed by atoms with Crippen LogP contribution in [0.5, 0.6) is 0 Å². The van der Waals surface area contributed by atoms with E-state index in [0.717, 1.165) is 25.8 Å². The Balaban J connectivity index is 2.96. The largest absolute Gasteiger partial charge is 0.330 e. The molecular formula is C6H13IN2O. The third-order valence-electron chi connectivity index (χ3n) is 1.21. The van der Waals surface area contributed by atoms with E-state index in [-0.39, 0.29) is 5.91 Å². The SMILES string of the molecule is NCCCCCC(=O)NI. The average Bonchev–Trinajstić information content (AvgIpc) is 1.98. The van der Waals surface area contributed by atoms with Gasteiger partial charge in [-0.3, -0.25) is 8.32 Å². The Morgan fingerprint density at radius 2 is 2.10 bits per heavy atom. The summed E-state index contributed by atoms with van der Waals surface area (Å²) in [6.45, 7) is 0.728. The number of halogens is 1. The Hall–Kier alpha value is 0.160. The zero-order chi connectivity index (χ0) is 7.82. The molecule has 0 spiro atoms. The third-order valence-corrected chi connectivity index (χ3v) is 1.81. The third kappa shape index (κ3) is 6.28. The van der Waals surface area contributed by atoms with E-state index in [9.17, 15) is 4.79 Å². The summed E-state index contributed by atoms with van der Waals surface area (Å²) < 4.78 is 2.54. The number of nitrogens with one attached hydrogen (secondary N) is 1. The summed E-state index contributed by atoms with van der Waals surface area (Å²) in [6.07, 6.45) is 3.66. The second-order valence-corrected chi connectivity index (χ2v) is 2.66. The molecule has 0 aliphatic rings. The summed E-state index contributed by atoms with van der Waals surface area (Å²) in [5, 5.41) is 0. The van der Waals surface area contributed by atoms with Gasteiger partial charge in [-0.1, -0.05) is 6.42 Å². The van der Waals surface area contributed by atoms with Gasteiger partial charge in [0.15, 0.2) is 0 Å². The summed E-state index contributed by atoms with van der Waals surface area (Å²) in [6, 6.07) is 0. The first-order chi connectivity index (χ1) is 4.81. The molecule has 0 radical (unpaired) electrons. The minimum absolute atomic E-state index is 0.109. The van der Waals surface area contributed by atoms with Crippen LogP contribution in [0.4, 0.5) is 0 Å². The van der Waals surface area contributed by atoms with Crippen LogP contribution in [0.15, 0.2) is 0 Å². The number of carbonyl (C=O) groups is 1. The summed E-state index contributed by atoms with van der Waals surface area (Å²) in [7, 11) is 0. The van der Waals surface area contributed by atoms with Crippen LogP contribution in [0.1, 0.15) is 25.7 Å². The Kier molecular flexibility index (Phi) is 7.39. The topological polar surface area (TPSA) is 55.1 Å². The maximum absolute atomic E-state index is 10.6. The van der Waals surface area contributed by atoms with E-state index < -0.39 is 0 Å². The van der Waals surface area contributed by atoms with Gasteiger partial charge in [-0.15, -0.1) is 0 Å². The van der Waals surface area contributed by atoms with Gasteiger partial charge < -0.3 is 5.73 Å². The summed E-state index contributed by atoms with van der Waals surface area (Å²) in [5.41, 5.74) is 5.28. The van der Waals surface area contributed by atoms with Gasteiger partial charge in [-0.25, -0.2) is 0 Å². The fourth-order valence-corrected chi connectivity index (χ4v) is 0.924. The quantitative estimate of drug-likeness (QED) is 0.437. The fourth-order valence-electron chi connectivity index (χ4n) is 0.654. The first kappa shape index (κ1) is 10.2. The highest BCUT2D eigenvalue weighted by molar-refractivity contribution is 14.1. The molecule has 4 heteroatoms. The molecule has 60 valence electrons. The van der Waals surface area contributed by atoms with Crippen LogP contribution >= 0.6 is 22.9 Å². The Bertz CT molecular complexity index is 97.7. The molecule has 0 bridgehead atoms. The van der Waals surface area contributed by atoms with E-state index in [2.05, 4.69) is 3.53 Å². The van der Waals surface area contributed by atoms with Crippen LogP contribution in [0.25, 0.3) is 0 Å². The number of amides is 1. The summed E-state index contributed by atoms with van der Waals surface area (Å²) in [4.78, 5) is 10.6. The number of hydrogen-bond acceptors (Lipinski definition) is 2. The standard InChI is InChI=1S/C6H13IN2O/c7-9-6(10)4-2-1-3-5-8/h1-5,8H2,(H,9,10). The van der Waals surface area contributed by atoms with Crippen molar-refractivity contribution >= 4 is 28.8 Å². The van der Waals surface area contributed by atoms with Crippen LogP contribution in [0.3, 0.4) is 0 Å². The molecular weight excluding hydrogens is 243 g/mol. The van der Waals surface area contributed by atoms with Gasteiger partial charge >= 0.3 is 0 Å². The zero-order valence-electron chi connectivity index (χ0n) is 5.90. The minimum atomic E-state index is 0.109. The van der Waals surface area contributed by atoms with Crippen LogP contribution in [0, 0.1) is 0 Å². The lowest BCUT2D eigenvalue weighted by atomic mass is 10.2. The first-order valence-corrected chi connectivity index (χ1v) is 4.48. The van der Waals surface area contributed by atoms with Crippen molar-refractivity contribution in [3.63, 3.8) is 0 Å². The molecule has 3 nitrogen and oxygen atoms in total. The van der Waals surface area contributed by atoms with Crippen LogP contribution in [-0.2, 0) is 4.79 Å². The molecule has 0 aliphatic heterocycles. The van der Waals surface area contributed by atoms with Crippen molar-refractivity contribution in [3.8, 4) is 0 Å². The molecule has 0 unspecified atom stereocenters. The maximum Gasteiger partial charge on any atom is 0.228 e. The molecule has 3 N–H and O–H groups in total.